The number of rotatable bonds is 3. The molecule has 0 spiro atoms. The molecule has 0 aliphatic heterocycles. The van der Waals surface area contributed by atoms with Gasteiger partial charge < -0.3 is 10.7 Å². The monoisotopic (exact) mass is 266 g/mol. The first-order valence-corrected chi connectivity index (χ1v) is 5.14. The molecule has 0 saturated heterocycles. The first kappa shape index (κ1) is 14.2. The predicted octanol–water partition coefficient (Wildman–Crippen LogP) is 1.89. The normalized spacial score (nSPS) is 9.61. The van der Waals surface area contributed by atoms with Gasteiger partial charge in [-0.2, -0.15) is 5.26 Å². The highest BCUT2D eigenvalue weighted by atomic mass is 35.5. The van der Waals surface area contributed by atoms with E-state index >= 15 is 0 Å². The maximum Gasteiger partial charge on any atom is 0.141 e. The first-order valence-electron chi connectivity index (χ1n) is 5.14. The Morgan fingerprint density at radius 1 is 1.44 bits per heavy atom. The van der Waals surface area contributed by atoms with Crippen LogP contribution in [0, 0.1) is 17.1 Å². The van der Waals surface area contributed by atoms with Gasteiger partial charge in [0.25, 0.3) is 0 Å². The van der Waals surface area contributed by atoms with Crippen molar-refractivity contribution < 1.29 is 4.39 Å². The molecule has 4 nitrogen and oxygen atoms in total. The zero-order valence-corrected chi connectivity index (χ0v) is 10.3. The Hall–Kier alpha value is -1.90. The summed E-state index contributed by atoms with van der Waals surface area (Å²) in [5.41, 5.74) is 7.11. The molecule has 6 heteroatoms. The van der Waals surface area contributed by atoms with Gasteiger partial charge in [-0.3, -0.25) is 0 Å². The Morgan fingerprint density at radius 2 is 2.22 bits per heavy atom. The van der Waals surface area contributed by atoms with Gasteiger partial charge in [-0.25, -0.2) is 9.37 Å². The van der Waals surface area contributed by atoms with Crippen LogP contribution in [0.25, 0.3) is 0 Å². The number of imidazole rings is 1. The molecule has 1 aromatic carbocycles. The smallest absolute Gasteiger partial charge is 0.141 e. The minimum atomic E-state index is -0.504. The number of H-pyrrole nitrogens is 1. The molecule has 1 heterocycles. The maximum absolute atomic E-state index is 13.4. The molecule has 0 bridgehead atoms. The molecule has 0 amide bonds. The van der Waals surface area contributed by atoms with Gasteiger partial charge in [-0.15, -0.1) is 12.4 Å². The van der Waals surface area contributed by atoms with Crippen LogP contribution in [0.15, 0.2) is 24.4 Å². The van der Waals surface area contributed by atoms with Crippen LogP contribution >= 0.6 is 12.4 Å². The number of benzene rings is 1. The summed E-state index contributed by atoms with van der Waals surface area (Å²) in [5, 5.41) is 8.61. The maximum atomic E-state index is 13.4. The van der Waals surface area contributed by atoms with Crippen molar-refractivity contribution in [1.82, 2.24) is 9.97 Å². The number of hydrogen-bond donors (Lipinski definition) is 2. The van der Waals surface area contributed by atoms with Crippen LogP contribution in [0.2, 0.25) is 0 Å². The number of hydrogen-bond acceptors (Lipinski definition) is 3. The molecular weight excluding hydrogens is 255 g/mol. The number of aromatic amines is 1. The molecule has 0 aliphatic rings. The molecule has 0 aliphatic carbocycles. The molecule has 0 saturated carbocycles. The summed E-state index contributed by atoms with van der Waals surface area (Å²) in [7, 11) is 0. The van der Waals surface area contributed by atoms with E-state index in [1.54, 1.807) is 18.3 Å². The van der Waals surface area contributed by atoms with E-state index in [0.29, 0.717) is 13.0 Å². The van der Waals surface area contributed by atoms with Gasteiger partial charge in [0, 0.05) is 24.9 Å². The molecule has 2 aromatic rings. The van der Waals surface area contributed by atoms with E-state index < -0.39 is 5.82 Å². The van der Waals surface area contributed by atoms with Crippen molar-refractivity contribution >= 4 is 12.4 Å². The summed E-state index contributed by atoms with van der Waals surface area (Å²) in [6, 6.07) is 6.32. The highest BCUT2D eigenvalue weighted by Gasteiger charge is 2.05. The SMILES string of the molecule is Cl.N#Cc1ccc(Cc2ncc(CN)[nH]2)cc1F. The van der Waals surface area contributed by atoms with E-state index in [1.165, 1.54) is 12.1 Å². The number of nitrogens with zero attached hydrogens (tertiary/aromatic N) is 2. The molecule has 2 rings (SSSR count). The lowest BCUT2D eigenvalue weighted by Gasteiger charge is -2.00. The van der Waals surface area contributed by atoms with Gasteiger partial charge in [0.2, 0.25) is 0 Å². The molecule has 0 unspecified atom stereocenters. The zero-order chi connectivity index (χ0) is 12.3. The summed E-state index contributed by atoms with van der Waals surface area (Å²) in [6.07, 6.45) is 2.15. The average molecular weight is 267 g/mol. The van der Waals surface area contributed by atoms with Crippen LogP contribution in [-0.4, -0.2) is 9.97 Å². The van der Waals surface area contributed by atoms with Crippen LogP contribution in [-0.2, 0) is 13.0 Å². The Labute approximate surface area is 110 Å². The van der Waals surface area contributed by atoms with Crippen molar-refractivity contribution in [1.29, 1.82) is 5.26 Å². The van der Waals surface area contributed by atoms with Crippen molar-refractivity contribution in [3.8, 4) is 6.07 Å². The van der Waals surface area contributed by atoms with Crippen LogP contribution < -0.4 is 5.73 Å². The fourth-order valence-corrected chi connectivity index (χ4v) is 1.55. The lowest BCUT2D eigenvalue weighted by molar-refractivity contribution is 0.622. The van der Waals surface area contributed by atoms with Crippen LogP contribution in [0.4, 0.5) is 4.39 Å². The van der Waals surface area contributed by atoms with Crippen LogP contribution in [0.3, 0.4) is 0 Å². The second kappa shape index (κ2) is 6.15. The van der Waals surface area contributed by atoms with E-state index in [-0.39, 0.29) is 18.0 Å². The highest BCUT2D eigenvalue weighted by molar-refractivity contribution is 5.85. The summed E-state index contributed by atoms with van der Waals surface area (Å²) < 4.78 is 13.4. The van der Waals surface area contributed by atoms with Crippen molar-refractivity contribution in [2.75, 3.05) is 0 Å². The van der Waals surface area contributed by atoms with Gasteiger partial charge >= 0.3 is 0 Å². The molecule has 0 fully saturated rings. The quantitative estimate of drug-likeness (QED) is 0.890. The third-order valence-corrected chi connectivity index (χ3v) is 2.43. The third-order valence-electron chi connectivity index (χ3n) is 2.43. The van der Waals surface area contributed by atoms with Gasteiger partial charge in [0.1, 0.15) is 17.7 Å². The Kier molecular flexibility index (Phi) is 4.84. The Morgan fingerprint density at radius 3 is 2.78 bits per heavy atom. The topological polar surface area (TPSA) is 78.5 Å². The summed E-state index contributed by atoms with van der Waals surface area (Å²) in [6.45, 7) is 0.398. The number of aromatic nitrogens is 2. The predicted molar refractivity (Wildman–Crippen MR) is 67.6 cm³/mol. The molecule has 0 atom stereocenters. The van der Waals surface area contributed by atoms with Gasteiger partial charge in [0.15, 0.2) is 0 Å². The second-order valence-corrected chi connectivity index (χ2v) is 3.66. The van der Waals surface area contributed by atoms with E-state index in [2.05, 4.69) is 9.97 Å². The molecule has 1 aromatic heterocycles. The number of nitrogens with one attached hydrogen (secondary N) is 1. The zero-order valence-electron chi connectivity index (χ0n) is 9.48. The fraction of sp³-hybridized carbons (Fsp3) is 0.167. The van der Waals surface area contributed by atoms with E-state index in [0.717, 1.165) is 17.1 Å². The second-order valence-electron chi connectivity index (χ2n) is 3.66. The Bertz CT molecular complexity index is 574. The number of halogens is 2. The van der Waals surface area contributed by atoms with Gasteiger partial charge in [0.05, 0.1) is 5.56 Å². The molecule has 94 valence electrons. The van der Waals surface area contributed by atoms with Crippen molar-refractivity contribution in [2.24, 2.45) is 5.73 Å². The van der Waals surface area contributed by atoms with E-state index in [1.807, 2.05) is 0 Å². The van der Waals surface area contributed by atoms with Crippen molar-refractivity contribution in [3.63, 3.8) is 0 Å². The van der Waals surface area contributed by atoms with Gasteiger partial charge in [-0.1, -0.05) is 6.07 Å². The summed E-state index contributed by atoms with van der Waals surface area (Å²) >= 11 is 0. The van der Waals surface area contributed by atoms with Crippen LogP contribution in [0.5, 0.6) is 0 Å². The first-order chi connectivity index (χ1) is 8.22. The largest absolute Gasteiger partial charge is 0.345 e. The minimum absolute atomic E-state index is 0. The summed E-state index contributed by atoms with van der Waals surface area (Å²) in [4.78, 5) is 7.17. The number of nitrogens with two attached hydrogens (primary N) is 1. The molecule has 18 heavy (non-hydrogen) atoms. The minimum Gasteiger partial charge on any atom is -0.345 e. The fourth-order valence-electron chi connectivity index (χ4n) is 1.55. The molecular formula is C12H12ClFN4. The standard InChI is InChI=1S/C12H11FN4.ClH/c13-11-3-8(1-2-9(11)5-14)4-12-16-7-10(6-15)17-12;/h1-3,7H,4,6,15H2,(H,16,17);1H. The van der Waals surface area contributed by atoms with Gasteiger partial charge in [-0.05, 0) is 17.7 Å². The number of nitriles is 1. The van der Waals surface area contributed by atoms with E-state index in [9.17, 15) is 4.39 Å². The molecule has 3 N–H and O–H groups in total. The van der Waals surface area contributed by atoms with Crippen molar-refractivity contribution in [3.05, 3.63) is 52.9 Å². The summed E-state index contributed by atoms with van der Waals surface area (Å²) in [5.74, 6) is 0.227. The van der Waals surface area contributed by atoms with Crippen LogP contribution in [0.1, 0.15) is 22.6 Å². The lowest BCUT2D eigenvalue weighted by Crippen LogP contribution is -1.97. The third kappa shape index (κ3) is 3.06. The Balaban J connectivity index is 0.00000162. The molecule has 0 radical (unpaired) electrons. The van der Waals surface area contributed by atoms with Crippen molar-refractivity contribution in [2.45, 2.75) is 13.0 Å². The van der Waals surface area contributed by atoms with E-state index in [4.69, 9.17) is 11.0 Å². The highest BCUT2D eigenvalue weighted by Crippen LogP contribution is 2.12. The lowest BCUT2D eigenvalue weighted by atomic mass is 10.1. The average Bonchev–Trinajstić information content (AvgIpc) is 2.77.